The first-order valence-corrected chi connectivity index (χ1v) is 8.03. The number of methoxy groups -OCH3 is 1. The predicted molar refractivity (Wildman–Crippen MR) is 87.8 cm³/mol. The smallest absolute Gasteiger partial charge is 0.124 e. The van der Waals surface area contributed by atoms with E-state index in [1.807, 2.05) is 6.07 Å². The Kier molecular flexibility index (Phi) is 3.61. The van der Waals surface area contributed by atoms with Crippen LogP contribution in [0.25, 0.3) is 6.08 Å². The third-order valence-electron chi connectivity index (χ3n) is 5.99. The van der Waals surface area contributed by atoms with E-state index >= 15 is 0 Å². The van der Waals surface area contributed by atoms with Crippen molar-refractivity contribution in [2.24, 2.45) is 11.3 Å². The molecule has 120 valence electrons. The molecule has 2 N–H and O–H groups in total. The average molecular weight is 302 g/mol. The topological polar surface area (TPSA) is 49.7 Å². The SMILES string of the molecule is COc1cc2c(cc1CO)C=C[C@@H]1C(C)(C)[C@@H](O)CC[C@@]21C. The van der Waals surface area contributed by atoms with Gasteiger partial charge in [0.05, 0.1) is 19.8 Å². The molecule has 3 atom stereocenters. The number of ether oxygens (including phenoxy) is 1. The molecule has 0 saturated heterocycles. The Bertz CT molecular complexity index is 617. The van der Waals surface area contributed by atoms with Crippen molar-refractivity contribution in [3.05, 3.63) is 34.9 Å². The molecule has 0 aromatic heterocycles. The monoisotopic (exact) mass is 302 g/mol. The standard InChI is InChI=1S/C19H26O3/c1-18(2)16-6-5-12-9-13(11-20)15(22-4)10-14(12)19(16,3)8-7-17(18)21/h5-6,9-10,16-17,20-21H,7-8,11H2,1-4H3/t16-,17+,19+/m1/s1. The Hall–Kier alpha value is -1.32. The van der Waals surface area contributed by atoms with E-state index < -0.39 is 0 Å². The van der Waals surface area contributed by atoms with Crippen LogP contribution in [0.5, 0.6) is 5.75 Å². The fourth-order valence-corrected chi connectivity index (χ4v) is 4.54. The lowest BCUT2D eigenvalue weighted by atomic mass is 9.51. The number of aliphatic hydroxyl groups excluding tert-OH is 2. The quantitative estimate of drug-likeness (QED) is 0.881. The lowest BCUT2D eigenvalue weighted by Crippen LogP contribution is -2.52. The summed E-state index contributed by atoms with van der Waals surface area (Å²) >= 11 is 0. The number of fused-ring (bicyclic) bond motifs is 3. The van der Waals surface area contributed by atoms with Gasteiger partial charge in [0.1, 0.15) is 5.75 Å². The maximum absolute atomic E-state index is 10.4. The zero-order valence-corrected chi connectivity index (χ0v) is 13.9. The minimum Gasteiger partial charge on any atom is -0.496 e. The number of rotatable bonds is 2. The van der Waals surface area contributed by atoms with E-state index in [0.29, 0.717) is 5.92 Å². The minimum absolute atomic E-state index is 0.00587. The van der Waals surface area contributed by atoms with Gasteiger partial charge < -0.3 is 14.9 Å². The Labute approximate surface area is 132 Å². The summed E-state index contributed by atoms with van der Waals surface area (Å²) in [6, 6.07) is 4.12. The highest BCUT2D eigenvalue weighted by atomic mass is 16.5. The molecular weight excluding hydrogens is 276 g/mol. The first-order chi connectivity index (χ1) is 10.3. The van der Waals surface area contributed by atoms with E-state index in [9.17, 15) is 10.2 Å². The molecule has 1 aromatic rings. The van der Waals surface area contributed by atoms with Crippen molar-refractivity contribution >= 4 is 6.08 Å². The second-order valence-electron chi connectivity index (χ2n) is 7.54. The summed E-state index contributed by atoms with van der Waals surface area (Å²) in [6.45, 7) is 6.60. The number of aliphatic hydroxyl groups is 2. The van der Waals surface area contributed by atoms with Gasteiger partial charge in [-0.2, -0.15) is 0 Å². The van der Waals surface area contributed by atoms with Crippen LogP contribution in [-0.2, 0) is 12.0 Å². The third-order valence-corrected chi connectivity index (χ3v) is 5.99. The van der Waals surface area contributed by atoms with Crippen LogP contribution in [0.4, 0.5) is 0 Å². The van der Waals surface area contributed by atoms with E-state index in [2.05, 4.69) is 39.0 Å². The van der Waals surface area contributed by atoms with Crippen molar-refractivity contribution in [2.75, 3.05) is 7.11 Å². The molecule has 22 heavy (non-hydrogen) atoms. The van der Waals surface area contributed by atoms with E-state index in [-0.39, 0.29) is 23.5 Å². The molecule has 1 saturated carbocycles. The maximum atomic E-state index is 10.4. The van der Waals surface area contributed by atoms with E-state index in [0.717, 1.165) is 29.7 Å². The lowest BCUT2D eigenvalue weighted by Gasteiger charge is -2.54. The molecule has 0 unspecified atom stereocenters. The molecule has 0 heterocycles. The second-order valence-corrected chi connectivity index (χ2v) is 7.54. The molecule has 3 heteroatoms. The molecule has 3 nitrogen and oxygen atoms in total. The van der Waals surface area contributed by atoms with Gasteiger partial charge in [0.15, 0.2) is 0 Å². The fourth-order valence-electron chi connectivity index (χ4n) is 4.54. The highest BCUT2D eigenvalue weighted by Crippen LogP contribution is 2.56. The van der Waals surface area contributed by atoms with Crippen molar-refractivity contribution in [2.45, 2.75) is 51.7 Å². The molecule has 0 radical (unpaired) electrons. The number of benzene rings is 1. The third kappa shape index (κ3) is 2.03. The van der Waals surface area contributed by atoms with E-state index in [4.69, 9.17) is 4.74 Å². The zero-order chi connectivity index (χ0) is 16.1. The second kappa shape index (κ2) is 5.10. The molecule has 0 aliphatic heterocycles. The van der Waals surface area contributed by atoms with Gasteiger partial charge in [0.2, 0.25) is 0 Å². The molecule has 2 aliphatic carbocycles. The van der Waals surface area contributed by atoms with Crippen LogP contribution < -0.4 is 4.74 Å². The molecule has 0 spiro atoms. The zero-order valence-electron chi connectivity index (χ0n) is 13.9. The molecule has 1 aromatic carbocycles. The van der Waals surface area contributed by atoms with Gasteiger partial charge in [-0.1, -0.05) is 32.9 Å². The van der Waals surface area contributed by atoms with Gasteiger partial charge in [-0.25, -0.2) is 0 Å². The van der Waals surface area contributed by atoms with Crippen LogP contribution in [0.1, 0.15) is 50.3 Å². The summed E-state index contributed by atoms with van der Waals surface area (Å²) < 4.78 is 5.47. The van der Waals surface area contributed by atoms with Gasteiger partial charge in [0.25, 0.3) is 0 Å². The molecule has 2 aliphatic rings. The summed E-state index contributed by atoms with van der Waals surface area (Å²) in [7, 11) is 1.65. The lowest BCUT2D eigenvalue weighted by molar-refractivity contribution is -0.0483. The highest BCUT2D eigenvalue weighted by Gasteiger charge is 2.52. The van der Waals surface area contributed by atoms with Gasteiger partial charge in [-0.05, 0) is 47.4 Å². The summed E-state index contributed by atoms with van der Waals surface area (Å²) in [5.41, 5.74) is 3.10. The van der Waals surface area contributed by atoms with Crippen molar-refractivity contribution in [1.82, 2.24) is 0 Å². The maximum Gasteiger partial charge on any atom is 0.124 e. The normalized spacial score (nSPS) is 32.3. The molecule has 1 fully saturated rings. The van der Waals surface area contributed by atoms with Crippen molar-refractivity contribution in [1.29, 1.82) is 0 Å². The molecule has 3 rings (SSSR count). The van der Waals surface area contributed by atoms with Crippen LogP contribution in [0.3, 0.4) is 0 Å². The molecule has 0 amide bonds. The fraction of sp³-hybridized carbons (Fsp3) is 0.579. The Morgan fingerprint density at radius 3 is 2.64 bits per heavy atom. The summed E-state index contributed by atoms with van der Waals surface area (Å²) in [4.78, 5) is 0. The summed E-state index contributed by atoms with van der Waals surface area (Å²) in [5.74, 6) is 1.04. The van der Waals surface area contributed by atoms with Crippen molar-refractivity contribution < 1.29 is 14.9 Å². The highest BCUT2D eigenvalue weighted by molar-refractivity contribution is 5.64. The van der Waals surface area contributed by atoms with Crippen molar-refractivity contribution in [3.63, 3.8) is 0 Å². The van der Waals surface area contributed by atoms with Gasteiger partial charge in [-0.3, -0.25) is 0 Å². The van der Waals surface area contributed by atoms with Gasteiger partial charge >= 0.3 is 0 Å². The van der Waals surface area contributed by atoms with Crippen molar-refractivity contribution in [3.8, 4) is 5.75 Å². The van der Waals surface area contributed by atoms with Crippen LogP contribution in [0.15, 0.2) is 18.2 Å². The number of allylic oxidation sites excluding steroid dienone is 1. The largest absolute Gasteiger partial charge is 0.496 e. The summed E-state index contributed by atoms with van der Waals surface area (Å²) in [6.07, 6.45) is 5.90. The minimum atomic E-state index is -0.268. The van der Waals surface area contributed by atoms with Crippen LogP contribution >= 0.6 is 0 Å². The summed E-state index contributed by atoms with van der Waals surface area (Å²) in [5, 5.41) is 20.0. The Morgan fingerprint density at radius 1 is 1.27 bits per heavy atom. The number of hydrogen-bond donors (Lipinski definition) is 2. The molecule has 0 bridgehead atoms. The van der Waals surface area contributed by atoms with Gasteiger partial charge in [-0.15, -0.1) is 0 Å². The molecular formula is C19H26O3. The van der Waals surface area contributed by atoms with Crippen LogP contribution in [-0.4, -0.2) is 23.4 Å². The Balaban J connectivity index is 2.16. The number of hydrogen-bond acceptors (Lipinski definition) is 3. The first-order valence-electron chi connectivity index (χ1n) is 8.03. The average Bonchev–Trinajstić information content (AvgIpc) is 2.50. The van der Waals surface area contributed by atoms with E-state index in [1.165, 1.54) is 5.56 Å². The predicted octanol–water partition coefficient (Wildman–Crippen LogP) is 3.27. The van der Waals surface area contributed by atoms with E-state index in [1.54, 1.807) is 7.11 Å². The first kappa shape index (κ1) is 15.6. The van der Waals surface area contributed by atoms with Crippen LogP contribution in [0.2, 0.25) is 0 Å². The van der Waals surface area contributed by atoms with Crippen LogP contribution in [0, 0.1) is 11.3 Å². The van der Waals surface area contributed by atoms with Gasteiger partial charge in [0, 0.05) is 11.0 Å². The Morgan fingerprint density at radius 2 is 2.00 bits per heavy atom.